The van der Waals surface area contributed by atoms with Gasteiger partial charge < -0.3 is 21.1 Å². The standard InChI is InChI=1S/Cs.FH.3H2O/h;1H;3*1H2/q+1;;;;/p-1. The molecule has 0 unspecified atom stereocenters. The molecule has 0 aliphatic carbocycles. The maximum Gasteiger partial charge on any atom is 1.00 e. The molecule has 0 atom stereocenters. The van der Waals surface area contributed by atoms with Crippen molar-refractivity contribution < 1.29 is 90.0 Å². The molecule has 0 bridgehead atoms. The van der Waals surface area contributed by atoms with Gasteiger partial charge in [0.1, 0.15) is 0 Å². The van der Waals surface area contributed by atoms with Crippen molar-refractivity contribution in [2.24, 2.45) is 0 Å². The molecule has 0 spiro atoms. The molecular formula is H6CsFO3. The SMILES string of the molecule is O.O.O.[Cs+].[F-]. The first-order chi connectivity index (χ1) is 0. The molecule has 6 N–H and O–H groups in total. The van der Waals surface area contributed by atoms with Gasteiger partial charge in [-0.15, -0.1) is 0 Å². The third-order valence-electron chi connectivity index (χ3n) is 0. The molecule has 0 aromatic carbocycles. The summed E-state index contributed by atoms with van der Waals surface area (Å²) in [4.78, 5) is 0. The van der Waals surface area contributed by atoms with E-state index >= 15 is 0 Å². The second-order valence-electron chi connectivity index (χ2n) is 0. The van der Waals surface area contributed by atoms with Gasteiger partial charge in [0, 0.05) is 0 Å². The predicted octanol–water partition coefficient (Wildman–Crippen LogP) is -8.47. The molecule has 0 fully saturated rings. The van der Waals surface area contributed by atoms with Gasteiger partial charge in [-0.3, -0.25) is 0 Å². The van der Waals surface area contributed by atoms with E-state index in [9.17, 15) is 0 Å². The van der Waals surface area contributed by atoms with Crippen LogP contribution in [0, 0.1) is 0 Å². The zero-order chi connectivity index (χ0) is 0. The van der Waals surface area contributed by atoms with Gasteiger partial charge in [-0.25, -0.2) is 0 Å². The number of rotatable bonds is 0. The minimum absolute atomic E-state index is 0. The second-order valence-corrected chi connectivity index (χ2v) is 0. The molecule has 0 saturated heterocycles. The fourth-order valence-corrected chi connectivity index (χ4v) is 0. The zero-order valence-electron chi connectivity index (χ0n) is 2.88. The minimum atomic E-state index is 0. The van der Waals surface area contributed by atoms with Crippen LogP contribution in [0.5, 0.6) is 0 Å². The smallest absolute Gasteiger partial charge is 1.00 e. The summed E-state index contributed by atoms with van der Waals surface area (Å²) < 4.78 is 0. The summed E-state index contributed by atoms with van der Waals surface area (Å²) in [6.07, 6.45) is 0. The van der Waals surface area contributed by atoms with E-state index in [1.165, 1.54) is 0 Å². The quantitative estimate of drug-likeness (QED) is 0.376. The topological polar surface area (TPSA) is 94.5 Å². The number of hydrogen-bond donors (Lipinski definition) is 0. The summed E-state index contributed by atoms with van der Waals surface area (Å²) in [5.74, 6) is 0. The van der Waals surface area contributed by atoms with Crippen molar-refractivity contribution in [2.75, 3.05) is 0 Å². The Bertz CT molecular complexity index is 6.85. The van der Waals surface area contributed by atoms with Crippen LogP contribution in [0.15, 0.2) is 0 Å². The van der Waals surface area contributed by atoms with Crippen LogP contribution in [-0.4, -0.2) is 16.4 Å². The molecular weight excluding hydrogens is 200 g/mol. The summed E-state index contributed by atoms with van der Waals surface area (Å²) >= 11 is 0. The van der Waals surface area contributed by atoms with Crippen LogP contribution in [0.2, 0.25) is 0 Å². The first-order valence-corrected chi connectivity index (χ1v) is 0. The van der Waals surface area contributed by atoms with Gasteiger partial charge in [0.15, 0.2) is 0 Å². The Morgan fingerprint density at radius 3 is 0.600 bits per heavy atom. The maximum absolute atomic E-state index is 0. The Balaban J connectivity index is 0. The van der Waals surface area contributed by atoms with Crippen molar-refractivity contribution in [3.63, 3.8) is 0 Å². The first-order valence-electron chi connectivity index (χ1n) is 0. The molecule has 0 radical (unpaired) electrons. The molecule has 5 heavy (non-hydrogen) atoms. The van der Waals surface area contributed by atoms with Gasteiger partial charge in [0.2, 0.25) is 0 Å². The first kappa shape index (κ1) is 68.0. The Hall–Kier alpha value is 1.86. The third kappa shape index (κ3) is 25.2. The van der Waals surface area contributed by atoms with Gasteiger partial charge in [-0.05, 0) is 0 Å². The molecule has 3 nitrogen and oxygen atoms in total. The summed E-state index contributed by atoms with van der Waals surface area (Å²) in [7, 11) is 0. The fraction of sp³-hybridized carbons (Fsp3) is 0. The molecule has 32 valence electrons. The predicted molar refractivity (Wildman–Crippen MR) is 10.8 cm³/mol. The molecule has 0 rings (SSSR count). The zero-order valence-corrected chi connectivity index (χ0v) is 9.16. The van der Waals surface area contributed by atoms with Gasteiger partial charge in [-0.1, -0.05) is 0 Å². The van der Waals surface area contributed by atoms with Crippen LogP contribution in [0.25, 0.3) is 0 Å². The van der Waals surface area contributed by atoms with Crippen molar-refractivity contribution in [2.45, 2.75) is 0 Å². The van der Waals surface area contributed by atoms with Crippen LogP contribution in [0.1, 0.15) is 0 Å². The second kappa shape index (κ2) is 40.0. The maximum atomic E-state index is 0. The summed E-state index contributed by atoms with van der Waals surface area (Å²) in [6, 6.07) is 0. The van der Waals surface area contributed by atoms with E-state index in [4.69, 9.17) is 0 Å². The largest absolute Gasteiger partial charge is 1.00 e. The third-order valence-corrected chi connectivity index (χ3v) is 0. The summed E-state index contributed by atoms with van der Waals surface area (Å²) in [5.41, 5.74) is 0. The average molecular weight is 206 g/mol. The molecule has 0 amide bonds. The van der Waals surface area contributed by atoms with Gasteiger partial charge in [0.05, 0.1) is 0 Å². The van der Waals surface area contributed by atoms with Crippen LogP contribution in [0.3, 0.4) is 0 Å². The summed E-state index contributed by atoms with van der Waals surface area (Å²) in [6.45, 7) is 0. The van der Waals surface area contributed by atoms with Gasteiger partial charge in [-0.2, -0.15) is 0 Å². The van der Waals surface area contributed by atoms with E-state index in [0.717, 1.165) is 0 Å². The van der Waals surface area contributed by atoms with Crippen molar-refractivity contribution >= 4 is 0 Å². The van der Waals surface area contributed by atoms with E-state index in [1.54, 1.807) is 0 Å². The molecule has 0 aliphatic rings. The average Bonchev–Trinajstić information content (AvgIpc) is 0. The molecule has 0 heterocycles. The van der Waals surface area contributed by atoms with E-state index in [-0.39, 0.29) is 90.0 Å². The Morgan fingerprint density at radius 2 is 0.600 bits per heavy atom. The van der Waals surface area contributed by atoms with Crippen molar-refractivity contribution in [1.29, 1.82) is 0 Å². The minimum Gasteiger partial charge on any atom is -1.00 e. The monoisotopic (exact) mass is 206 g/mol. The van der Waals surface area contributed by atoms with Crippen LogP contribution >= 0.6 is 0 Å². The van der Waals surface area contributed by atoms with Crippen LogP contribution in [-0.2, 0) is 0 Å². The summed E-state index contributed by atoms with van der Waals surface area (Å²) in [5, 5.41) is 0. The molecule has 0 saturated carbocycles. The normalized spacial score (nSPS) is 0. The Labute approximate surface area is 87.8 Å². The van der Waals surface area contributed by atoms with Gasteiger partial charge >= 0.3 is 68.9 Å². The van der Waals surface area contributed by atoms with Crippen molar-refractivity contribution in [3.8, 4) is 0 Å². The van der Waals surface area contributed by atoms with Crippen LogP contribution in [0.4, 0.5) is 0 Å². The number of hydrogen-bond acceptors (Lipinski definition) is 0. The Kier molecular flexibility index (Phi) is 544. The molecule has 5 heteroatoms. The molecule has 0 aliphatic heterocycles. The van der Waals surface area contributed by atoms with Crippen molar-refractivity contribution in [3.05, 3.63) is 0 Å². The molecule has 0 aromatic heterocycles. The molecule has 0 aromatic rings. The Morgan fingerprint density at radius 1 is 0.600 bits per heavy atom. The van der Waals surface area contributed by atoms with E-state index in [0.29, 0.717) is 0 Å². The van der Waals surface area contributed by atoms with E-state index in [1.807, 2.05) is 0 Å². The fourth-order valence-electron chi connectivity index (χ4n) is 0. The van der Waals surface area contributed by atoms with E-state index in [2.05, 4.69) is 0 Å². The van der Waals surface area contributed by atoms with Crippen LogP contribution < -0.4 is 73.6 Å². The van der Waals surface area contributed by atoms with E-state index < -0.39 is 0 Å². The van der Waals surface area contributed by atoms with Gasteiger partial charge in [0.25, 0.3) is 0 Å². The number of halogens is 1. The van der Waals surface area contributed by atoms with Crippen molar-refractivity contribution in [1.82, 2.24) is 0 Å².